The lowest BCUT2D eigenvalue weighted by Crippen LogP contribution is -2.50. The molecule has 0 bridgehead atoms. The molecule has 3 aromatic carbocycles. The Morgan fingerprint density at radius 2 is 1.68 bits per heavy atom. The molecule has 37 heavy (non-hydrogen) atoms. The highest BCUT2D eigenvalue weighted by molar-refractivity contribution is 7.92. The van der Waals surface area contributed by atoms with Gasteiger partial charge in [0.2, 0.25) is 11.8 Å². The number of nitrogens with zero attached hydrogens (tertiary/aromatic N) is 2. The number of amides is 2. The van der Waals surface area contributed by atoms with Gasteiger partial charge in [0.05, 0.1) is 27.7 Å². The lowest BCUT2D eigenvalue weighted by Gasteiger charge is -2.32. The minimum absolute atomic E-state index is 0.00688. The number of carbonyl (C=O) groups excluding carboxylic acids is 2. The van der Waals surface area contributed by atoms with E-state index in [0.717, 1.165) is 4.31 Å². The lowest BCUT2D eigenvalue weighted by molar-refractivity contribution is -0.139. The van der Waals surface area contributed by atoms with Crippen molar-refractivity contribution in [1.29, 1.82) is 0 Å². The average Bonchev–Trinajstić information content (AvgIpc) is 2.91. The van der Waals surface area contributed by atoms with Gasteiger partial charge in [0, 0.05) is 13.6 Å². The fraction of sp³-hybridized carbons (Fsp3) is 0.231. The number of likely N-dealkylation sites (N-methyl/N-ethyl adjacent to an activating group) is 1. The number of ether oxygens (including phenoxy) is 1. The number of hydrogen-bond acceptors (Lipinski definition) is 5. The molecule has 0 aromatic heterocycles. The number of rotatable bonds is 10. The highest BCUT2D eigenvalue weighted by Crippen LogP contribution is 2.31. The molecule has 1 atom stereocenters. The molecule has 2 amide bonds. The monoisotopic (exact) mass is 563 g/mol. The lowest BCUT2D eigenvalue weighted by atomic mass is 10.1. The van der Waals surface area contributed by atoms with Gasteiger partial charge in [-0.1, -0.05) is 53.5 Å². The van der Waals surface area contributed by atoms with Crippen molar-refractivity contribution in [2.75, 3.05) is 25.0 Å². The molecule has 0 aliphatic carbocycles. The Labute approximate surface area is 226 Å². The molecule has 1 N–H and O–H groups in total. The van der Waals surface area contributed by atoms with Gasteiger partial charge in [-0.3, -0.25) is 13.9 Å². The van der Waals surface area contributed by atoms with E-state index in [1.165, 1.54) is 49.4 Å². The Morgan fingerprint density at radius 3 is 2.30 bits per heavy atom. The van der Waals surface area contributed by atoms with Gasteiger partial charge in [-0.05, 0) is 55.0 Å². The van der Waals surface area contributed by atoms with E-state index in [1.807, 2.05) is 0 Å². The molecule has 0 aliphatic heterocycles. The Bertz CT molecular complexity index is 1370. The van der Waals surface area contributed by atoms with Gasteiger partial charge in [-0.25, -0.2) is 8.42 Å². The summed E-state index contributed by atoms with van der Waals surface area (Å²) < 4.78 is 33.6. The maximum Gasteiger partial charge on any atom is 0.264 e. The van der Waals surface area contributed by atoms with Crippen LogP contribution in [0.1, 0.15) is 12.5 Å². The van der Waals surface area contributed by atoms with Crippen LogP contribution in [0.3, 0.4) is 0 Å². The minimum Gasteiger partial charge on any atom is -0.497 e. The highest BCUT2D eigenvalue weighted by Gasteiger charge is 2.32. The fourth-order valence-corrected chi connectivity index (χ4v) is 5.37. The second-order valence-corrected chi connectivity index (χ2v) is 10.8. The summed E-state index contributed by atoms with van der Waals surface area (Å²) in [6.45, 7) is 1.04. The molecule has 0 aliphatic rings. The molecule has 196 valence electrons. The molecule has 0 saturated carbocycles. The zero-order valence-electron chi connectivity index (χ0n) is 20.5. The van der Waals surface area contributed by atoms with Crippen molar-refractivity contribution in [2.45, 2.75) is 24.4 Å². The van der Waals surface area contributed by atoms with Gasteiger partial charge in [0.1, 0.15) is 18.3 Å². The van der Waals surface area contributed by atoms with E-state index >= 15 is 0 Å². The SMILES string of the molecule is CNC(=O)C(C)N(Cc1cccc(OC)c1)C(=O)CN(c1ccc(Cl)c(Cl)c1)S(=O)(=O)c1ccccc1. The summed E-state index contributed by atoms with van der Waals surface area (Å²) in [5.41, 5.74) is 0.857. The Balaban J connectivity index is 2.05. The molecular formula is C26H27Cl2N3O5S. The molecular weight excluding hydrogens is 537 g/mol. The zero-order chi connectivity index (χ0) is 27.2. The molecule has 0 heterocycles. The number of carbonyl (C=O) groups is 2. The maximum absolute atomic E-state index is 13.7. The van der Waals surface area contributed by atoms with Crippen molar-refractivity contribution >= 4 is 50.7 Å². The number of sulfonamides is 1. The van der Waals surface area contributed by atoms with Crippen LogP contribution in [0.4, 0.5) is 5.69 Å². The first-order valence-electron chi connectivity index (χ1n) is 11.2. The van der Waals surface area contributed by atoms with Crippen molar-refractivity contribution < 1.29 is 22.7 Å². The van der Waals surface area contributed by atoms with E-state index in [4.69, 9.17) is 27.9 Å². The van der Waals surface area contributed by atoms with Crippen LogP contribution < -0.4 is 14.4 Å². The van der Waals surface area contributed by atoms with E-state index in [0.29, 0.717) is 11.3 Å². The van der Waals surface area contributed by atoms with Crippen LogP contribution in [-0.2, 0) is 26.2 Å². The van der Waals surface area contributed by atoms with Gasteiger partial charge in [0.15, 0.2) is 0 Å². The van der Waals surface area contributed by atoms with Crippen molar-refractivity contribution in [3.05, 3.63) is 88.4 Å². The summed E-state index contributed by atoms with van der Waals surface area (Å²) in [6, 6.07) is 18.2. The zero-order valence-corrected chi connectivity index (χ0v) is 22.8. The third-order valence-corrected chi connectivity index (χ3v) is 8.23. The summed E-state index contributed by atoms with van der Waals surface area (Å²) in [5, 5.41) is 2.91. The smallest absolute Gasteiger partial charge is 0.264 e. The molecule has 1 unspecified atom stereocenters. The number of hydrogen-bond donors (Lipinski definition) is 1. The van der Waals surface area contributed by atoms with E-state index < -0.39 is 34.4 Å². The fourth-order valence-electron chi connectivity index (χ4n) is 3.65. The summed E-state index contributed by atoms with van der Waals surface area (Å²) in [4.78, 5) is 27.6. The second kappa shape index (κ2) is 12.3. The predicted octanol–water partition coefficient (Wildman–Crippen LogP) is 4.36. The average molecular weight is 564 g/mol. The summed E-state index contributed by atoms with van der Waals surface area (Å²) in [6.07, 6.45) is 0. The van der Waals surface area contributed by atoms with Gasteiger partial charge in [-0.15, -0.1) is 0 Å². The van der Waals surface area contributed by atoms with Gasteiger partial charge in [0.25, 0.3) is 10.0 Å². The van der Waals surface area contributed by atoms with E-state index in [2.05, 4.69) is 5.32 Å². The summed E-state index contributed by atoms with van der Waals surface area (Å²) in [7, 11) is -1.19. The molecule has 8 nitrogen and oxygen atoms in total. The van der Waals surface area contributed by atoms with E-state index in [-0.39, 0.29) is 27.2 Å². The normalized spacial score (nSPS) is 11.9. The Hall–Kier alpha value is -3.27. The highest BCUT2D eigenvalue weighted by atomic mass is 35.5. The molecule has 11 heteroatoms. The molecule has 0 spiro atoms. The van der Waals surface area contributed by atoms with Crippen LogP contribution in [0, 0.1) is 0 Å². The maximum atomic E-state index is 13.7. The first-order valence-corrected chi connectivity index (χ1v) is 13.4. The third-order valence-electron chi connectivity index (χ3n) is 5.70. The van der Waals surface area contributed by atoms with Crippen LogP contribution in [0.2, 0.25) is 10.0 Å². The van der Waals surface area contributed by atoms with Crippen molar-refractivity contribution in [2.24, 2.45) is 0 Å². The summed E-state index contributed by atoms with van der Waals surface area (Å²) in [5.74, 6) is -0.408. The molecule has 0 saturated heterocycles. The van der Waals surface area contributed by atoms with Gasteiger partial charge < -0.3 is 15.0 Å². The number of anilines is 1. The number of benzene rings is 3. The largest absolute Gasteiger partial charge is 0.497 e. The molecule has 0 fully saturated rings. The summed E-state index contributed by atoms with van der Waals surface area (Å²) >= 11 is 12.2. The predicted molar refractivity (Wildman–Crippen MR) is 145 cm³/mol. The molecule has 3 rings (SSSR count). The number of methoxy groups -OCH3 is 1. The van der Waals surface area contributed by atoms with Crippen LogP contribution in [0.15, 0.2) is 77.7 Å². The van der Waals surface area contributed by atoms with E-state index in [9.17, 15) is 18.0 Å². The standard InChI is InChI=1S/C26H27Cl2N3O5S/c1-18(26(33)29-2)30(16-19-8-7-9-21(14-19)36-3)25(32)17-31(20-12-13-23(27)24(28)15-20)37(34,35)22-10-5-4-6-11-22/h4-15,18H,16-17H2,1-3H3,(H,29,33). The quantitative estimate of drug-likeness (QED) is 0.395. The van der Waals surface area contributed by atoms with Crippen LogP contribution in [0.25, 0.3) is 0 Å². The van der Waals surface area contributed by atoms with Gasteiger partial charge >= 0.3 is 0 Å². The first-order chi connectivity index (χ1) is 17.6. The topological polar surface area (TPSA) is 96.0 Å². The molecule has 0 radical (unpaired) electrons. The second-order valence-electron chi connectivity index (χ2n) is 8.09. The van der Waals surface area contributed by atoms with Crippen molar-refractivity contribution in [3.63, 3.8) is 0 Å². The van der Waals surface area contributed by atoms with E-state index in [1.54, 1.807) is 49.4 Å². The van der Waals surface area contributed by atoms with Crippen molar-refractivity contribution in [1.82, 2.24) is 10.2 Å². The van der Waals surface area contributed by atoms with Crippen LogP contribution in [0.5, 0.6) is 5.75 Å². The number of nitrogens with one attached hydrogen (secondary N) is 1. The van der Waals surface area contributed by atoms with Crippen LogP contribution >= 0.6 is 23.2 Å². The number of halogens is 2. The Kier molecular flexibility index (Phi) is 9.42. The van der Waals surface area contributed by atoms with Crippen molar-refractivity contribution in [3.8, 4) is 5.75 Å². The van der Waals surface area contributed by atoms with Gasteiger partial charge in [-0.2, -0.15) is 0 Å². The molecule has 3 aromatic rings. The Morgan fingerprint density at radius 1 is 0.973 bits per heavy atom. The first kappa shape index (κ1) is 28.3. The van der Waals surface area contributed by atoms with Crippen LogP contribution in [-0.4, -0.2) is 51.9 Å². The third kappa shape index (κ3) is 6.74. The minimum atomic E-state index is -4.18.